The van der Waals surface area contributed by atoms with E-state index < -0.39 is 0 Å². The summed E-state index contributed by atoms with van der Waals surface area (Å²) in [6.07, 6.45) is 6.46. The lowest BCUT2D eigenvalue weighted by Crippen LogP contribution is -2.13. The summed E-state index contributed by atoms with van der Waals surface area (Å²) >= 11 is 0. The third-order valence-corrected chi connectivity index (χ3v) is 4.76. The van der Waals surface area contributed by atoms with Crippen molar-refractivity contribution in [1.29, 1.82) is 0 Å². The molecule has 3 aromatic carbocycles. The lowest BCUT2D eigenvalue weighted by molar-refractivity contribution is 1.40. The van der Waals surface area contributed by atoms with Gasteiger partial charge in [-0.25, -0.2) is 0 Å². The SMILES string of the molecule is C1=C[C](c2ccccc2)C2=Nc3c(cccc3-c3ccccc3)C2=C1. The van der Waals surface area contributed by atoms with E-state index >= 15 is 0 Å². The number of para-hydroxylation sites is 1. The molecule has 1 aliphatic heterocycles. The molecule has 0 fully saturated rings. The molecule has 0 atom stereocenters. The minimum absolute atomic E-state index is 1.08. The minimum atomic E-state index is 1.08. The molecule has 25 heavy (non-hydrogen) atoms. The Morgan fingerprint density at radius 3 is 2.04 bits per heavy atom. The summed E-state index contributed by atoms with van der Waals surface area (Å²) in [6, 6.07) is 27.4. The molecule has 1 heteroatoms. The van der Waals surface area contributed by atoms with Gasteiger partial charge in [-0.15, -0.1) is 0 Å². The van der Waals surface area contributed by atoms with Gasteiger partial charge in [0.15, 0.2) is 0 Å². The lowest BCUT2D eigenvalue weighted by atomic mass is 9.84. The first kappa shape index (κ1) is 14.2. The first-order chi connectivity index (χ1) is 12.4. The number of aliphatic imine (C=N–C) groups is 1. The van der Waals surface area contributed by atoms with Gasteiger partial charge in [0.05, 0.1) is 17.3 Å². The second kappa shape index (κ2) is 5.71. The van der Waals surface area contributed by atoms with Crippen molar-refractivity contribution < 1.29 is 0 Å². The summed E-state index contributed by atoms with van der Waals surface area (Å²) in [4.78, 5) is 5.07. The quantitative estimate of drug-likeness (QED) is 0.548. The van der Waals surface area contributed by atoms with E-state index in [9.17, 15) is 0 Å². The van der Waals surface area contributed by atoms with Gasteiger partial charge in [0.2, 0.25) is 0 Å². The van der Waals surface area contributed by atoms with Crippen LogP contribution in [-0.2, 0) is 0 Å². The Labute approximate surface area is 147 Å². The second-order valence-electron chi connectivity index (χ2n) is 6.25. The Kier molecular flexibility index (Phi) is 3.24. The van der Waals surface area contributed by atoms with Gasteiger partial charge in [0.1, 0.15) is 0 Å². The van der Waals surface area contributed by atoms with Gasteiger partial charge >= 0.3 is 0 Å². The number of nitrogens with zero attached hydrogens (tertiary/aromatic N) is 1. The summed E-state index contributed by atoms with van der Waals surface area (Å²) in [6.45, 7) is 0. The maximum atomic E-state index is 5.07. The van der Waals surface area contributed by atoms with Crippen molar-refractivity contribution in [2.75, 3.05) is 0 Å². The molecular formula is C24H16N. The van der Waals surface area contributed by atoms with Crippen LogP contribution in [0.2, 0.25) is 0 Å². The van der Waals surface area contributed by atoms with E-state index in [0.717, 1.165) is 11.4 Å². The van der Waals surface area contributed by atoms with Crippen LogP contribution in [0, 0.1) is 5.92 Å². The van der Waals surface area contributed by atoms with Gasteiger partial charge in [0.25, 0.3) is 0 Å². The first-order valence-corrected chi connectivity index (χ1v) is 8.51. The molecule has 2 aliphatic rings. The van der Waals surface area contributed by atoms with Crippen molar-refractivity contribution in [3.05, 3.63) is 114 Å². The minimum Gasteiger partial charge on any atom is -0.250 e. The Balaban J connectivity index is 1.67. The third kappa shape index (κ3) is 2.28. The van der Waals surface area contributed by atoms with Crippen molar-refractivity contribution in [2.24, 2.45) is 4.99 Å². The van der Waals surface area contributed by atoms with E-state index in [2.05, 4.69) is 85.0 Å². The smallest absolute Gasteiger partial charge is 0.0791 e. The molecule has 5 rings (SSSR count). The molecule has 0 spiro atoms. The van der Waals surface area contributed by atoms with Gasteiger partial charge in [0, 0.05) is 16.7 Å². The van der Waals surface area contributed by atoms with Crippen LogP contribution in [0.4, 0.5) is 5.69 Å². The van der Waals surface area contributed by atoms with Crippen molar-refractivity contribution in [3.63, 3.8) is 0 Å². The molecule has 1 radical (unpaired) electrons. The van der Waals surface area contributed by atoms with Crippen LogP contribution in [0.5, 0.6) is 0 Å². The first-order valence-electron chi connectivity index (χ1n) is 8.51. The topological polar surface area (TPSA) is 12.4 Å². The Bertz CT molecular complexity index is 1020. The highest BCUT2D eigenvalue weighted by atomic mass is 14.8. The monoisotopic (exact) mass is 318 g/mol. The van der Waals surface area contributed by atoms with Gasteiger partial charge in [-0.3, -0.25) is 4.99 Å². The molecule has 1 nitrogen and oxygen atoms in total. The number of hydrogen-bond acceptors (Lipinski definition) is 1. The van der Waals surface area contributed by atoms with Crippen LogP contribution in [-0.4, -0.2) is 5.71 Å². The zero-order chi connectivity index (χ0) is 16.6. The molecule has 3 aromatic rings. The molecule has 0 amide bonds. The molecule has 0 saturated carbocycles. The number of benzene rings is 3. The van der Waals surface area contributed by atoms with Crippen LogP contribution in [0.3, 0.4) is 0 Å². The van der Waals surface area contributed by atoms with Crippen LogP contribution >= 0.6 is 0 Å². The fourth-order valence-electron chi connectivity index (χ4n) is 3.58. The average Bonchev–Trinajstić information content (AvgIpc) is 3.08. The average molecular weight is 318 g/mol. The van der Waals surface area contributed by atoms with E-state index in [0.29, 0.717) is 0 Å². The number of fused-ring (bicyclic) bond motifs is 3. The zero-order valence-electron chi connectivity index (χ0n) is 13.7. The maximum absolute atomic E-state index is 5.07. The lowest BCUT2D eigenvalue weighted by Gasteiger charge is -2.17. The van der Waals surface area contributed by atoms with E-state index in [4.69, 9.17) is 4.99 Å². The Hall–Kier alpha value is -3.19. The standard InChI is InChI=1S/C24H16N/c1-3-9-17(10-4-1)19-13-7-15-21-22-16-8-14-20(24(22)25-23(19)21)18-11-5-2-6-12-18/h1-16H. The van der Waals surface area contributed by atoms with Crippen LogP contribution in [0.15, 0.2) is 102 Å². The summed E-state index contributed by atoms with van der Waals surface area (Å²) < 4.78 is 0. The van der Waals surface area contributed by atoms with Gasteiger partial charge < -0.3 is 0 Å². The third-order valence-electron chi connectivity index (χ3n) is 4.76. The Morgan fingerprint density at radius 2 is 1.28 bits per heavy atom. The van der Waals surface area contributed by atoms with Crippen LogP contribution in [0.1, 0.15) is 11.1 Å². The molecule has 1 aliphatic carbocycles. The number of allylic oxidation sites excluding steroid dienone is 4. The van der Waals surface area contributed by atoms with Crippen molar-refractivity contribution in [3.8, 4) is 11.1 Å². The van der Waals surface area contributed by atoms with E-state index in [1.807, 2.05) is 12.1 Å². The van der Waals surface area contributed by atoms with Crippen molar-refractivity contribution in [1.82, 2.24) is 0 Å². The van der Waals surface area contributed by atoms with E-state index in [1.54, 1.807) is 0 Å². The van der Waals surface area contributed by atoms with E-state index in [1.165, 1.54) is 33.7 Å². The molecule has 0 aromatic heterocycles. The highest BCUT2D eigenvalue weighted by Gasteiger charge is 2.30. The highest BCUT2D eigenvalue weighted by Crippen LogP contribution is 2.46. The summed E-state index contributed by atoms with van der Waals surface area (Å²) in [7, 11) is 0. The Morgan fingerprint density at radius 1 is 0.600 bits per heavy atom. The molecule has 0 saturated heterocycles. The zero-order valence-corrected chi connectivity index (χ0v) is 13.7. The van der Waals surface area contributed by atoms with Crippen LogP contribution in [0.25, 0.3) is 16.7 Å². The normalized spacial score (nSPS) is 15.4. The summed E-state index contributed by atoms with van der Waals surface area (Å²) in [5, 5.41) is 0. The van der Waals surface area contributed by atoms with Crippen molar-refractivity contribution in [2.45, 2.75) is 0 Å². The van der Waals surface area contributed by atoms with Gasteiger partial charge in [-0.05, 0) is 11.1 Å². The van der Waals surface area contributed by atoms with E-state index in [-0.39, 0.29) is 0 Å². The summed E-state index contributed by atoms with van der Waals surface area (Å²) in [5.74, 6) is 1.19. The largest absolute Gasteiger partial charge is 0.250 e. The second-order valence-corrected chi connectivity index (χ2v) is 6.25. The van der Waals surface area contributed by atoms with Crippen LogP contribution < -0.4 is 0 Å². The molecule has 0 unspecified atom stereocenters. The highest BCUT2D eigenvalue weighted by molar-refractivity contribution is 6.38. The van der Waals surface area contributed by atoms with Crippen molar-refractivity contribution >= 4 is 17.0 Å². The molecule has 117 valence electrons. The number of rotatable bonds is 2. The molecule has 0 bridgehead atoms. The van der Waals surface area contributed by atoms with Gasteiger partial charge in [-0.2, -0.15) is 0 Å². The maximum Gasteiger partial charge on any atom is 0.0791 e. The molecular weight excluding hydrogens is 302 g/mol. The summed E-state index contributed by atoms with van der Waals surface area (Å²) in [5.41, 5.74) is 8.19. The predicted octanol–water partition coefficient (Wildman–Crippen LogP) is 6.02. The molecule has 0 N–H and O–H groups in total. The number of hydrogen-bond donors (Lipinski definition) is 0. The fraction of sp³-hybridized carbons (Fsp3) is 0. The fourth-order valence-corrected chi connectivity index (χ4v) is 3.58. The predicted molar refractivity (Wildman–Crippen MR) is 105 cm³/mol. The molecule has 1 heterocycles. The van der Waals surface area contributed by atoms with Gasteiger partial charge in [-0.1, -0.05) is 97.1 Å².